The van der Waals surface area contributed by atoms with E-state index >= 15 is 0 Å². The Hall–Kier alpha value is -3.06. The highest BCUT2D eigenvalue weighted by molar-refractivity contribution is 5.80. The SMILES string of the molecule is Oc1cc(O)c(-c2[nH]ncc2N2CCNCC2)cc1CCc1ccc(F)cc1. The van der Waals surface area contributed by atoms with Gasteiger partial charge in [-0.3, -0.25) is 5.10 Å². The Bertz CT molecular complexity index is 950. The number of hydrogen-bond acceptors (Lipinski definition) is 5. The van der Waals surface area contributed by atoms with Gasteiger partial charge in [0.15, 0.2) is 0 Å². The Morgan fingerprint density at radius 1 is 1.00 bits per heavy atom. The van der Waals surface area contributed by atoms with Crippen LogP contribution in [0.2, 0.25) is 0 Å². The molecule has 3 aromatic rings. The molecule has 0 amide bonds. The molecule has 0 radical (unpaired) electrons. The van der Waals surface area contributed by atoms with Gasteiger partial charge in [0.1, 0.15) is 17.3 Å². The summed E-state index contributed by atoms with van der Waals surface area (Å²) in [5, 5.41) is 31.2. The van der Waals surface area contributed by atoms with E-state index in [-0.39, 0.29) is 17.3 Å². The van der Waals surface area contributed by atoms with E-state index in [1.165, 1.54) is 18.2 Å². The summed E-state index contributed by atoms with van der Waals surface area (Å²) in [7, 11) is 0. The zero-order valence-electron chi connectivity index (χ0n) is 15.5. The fourth-order valence-corrected chi connectivity index (χ4v) is 3.58. The number of rotatable bonds is 5. The van der Waals surface area contributed by atoms with Gasteiger partial charge >= 0.3 is 0 Å². The standard InChI is InChI=1S/C21H23FN4O2/c22-16-5-2-14(3-6-16)1-4-15-11-17(20(28)12-19(15)27)21-18(13-24-25-21)26-9-7-23-8-10-26/h2-3,5-6,11-13,23,27-28H,1,4,7-10H2,(H,24,25). The molecule has 2 aromatic carbocycles. The van der Waals surface area contributed by atoms with Crippen LogP contribution in [-0.4, -0.2) is 46.6 Å². The Morgan fingerprint density at radius 2 is 1.75 bits per heavy atom. The molecular formula is C21H23FN4O2. The minimum atomic E-state index is -0.266. The molecule has 0 spiro atoms. The van der Waals surface area contributed by atoms with Crippen molar-refractivity contribution in [1.82, 2.24) is 15.5 Å². The van der Waals surface area contributed by atoms with Crippen LogP contribution < -0.4 is 10.2 Å². The van der Waals surface area contributed by atoms with Crippen molar-refractivity contribution in [3.05, 3.63) is 59.5 Å². The average Bonchev–Trinajstić information content (AvgIpc) is 3.19. The number of benzene rings is 2. The van der Waals surface area contributed by atoms with Gasteiger partial charge in [-0.1, -0.05) is 12.1 Å². The number of aryl methyl sites for hydroxylation is 2. The van der Waals surface area contributed by atoms with E-state index in [9.17, 15) is 14.6 Å². The van der Waals surface area contributed by atoms with Crippen molar-refractivity contribution < 1.29 is 14.6 Å². The third-order valence-electron chi connectivity index (χ3n) is 5.14. The van der Waals surface area contributed by atoms with E-state index < -0.39 is 0 Å². The molecule has 1 aromatic heterocycles. The number of anilines is 1. The molecule has 28 heavy (non-hydrogen) atoms. The molecule has 0 saturated carbocycles. The minimum Gasteiger partial charge on any atom is -0.508 e. The van der Waals surface area contributed by atoms with Crippen LogP contribution >= 0.6 is 0 Å². The third-order valence-corrected chi connectivity index (χ3v) is 5.14. The molecular weight excluding hydrogens is 359 g/mol. The molecule has 0 aliphatic carbocycles. The molecule has 0 bridgehead atoms. The van der Waals surface area contributed by atoms with Crippen LogP contribution in [0.25, 0.3) is 11.3 Å². The number of aromatic nitrogens is 2. The van der Waals surface area contributed by atoms with Gasteiger partial charge in [0.2, 0.25) is 0 Å². The molecule has 4 rings (SSSR count). The number of aromatic hydroxyl groups is 2. The van der Waals surface area contributed by atoms with Gasteiger partial charge in [-0.2, -0.15) is 5.10 Å². The number of nitrogens with zero attached hydrogens (tertiary/aromatic N) is 2. The fourth-order valence-electron chi connectivity index (χ4n) is 3.58. The molecule has 2 heterocycles. The lowest BCUT2D eigenvalue weighted by Gasteiger charge is -2.29. The van der Waals surface area contributed by atoms with E-state index in [0.717, 1.165) is 48.7 Å². The molecule has 1 aliphatic heterocycles. The van der Waals surface area contributed by atoms with Crippen LogP contribution in [-0.2, 0) is 12.8 Å². The molecule has 1 saturated heterocycles. The summed E-state index contributed by atoms with van der Waals surface area (Å²) in [5.74, 6) is -0.214. The first-order valence-electron chi connectivity index (χ1n) is 9.40. The number of hydrogen-bond donors (Lipinski definition) is 4. The van der Waals surface area contributed by atoms with Crippen molar-refractivity contribution in [3.8, 4) is 22.8 Å². The number of phenols is 2. The second-order valence-electron chi connectivity index (χ2n) is 6.99. The Kier molecular flexibility index (Phi) is 5.16. The highest BCUT2D eigenvalue weighted by Crippen LogP contribution is 2.38. The van der Waals surface area contributed by atoms with Crippen molar-refractivity contribution in [1.29, 1.82) is 0 Å². The van der Waals surface area contributed by atoms with Crippen LogP contribution in [0.5, 0.6) is 11.5 Å². The van der Waals surface area contributed by atoms with Crippen LogP contribution in [0.1, 0.15) is 11.1 Å². The first kappa shape index (κ1) is 18.3. The van der Waals surface area contributed by atoms with Gasteiger partial charge in [0, 0.05) is 37.8 Å². The maximum Gasteiger partial charge on any atom is 0.128 e. The highest BCUT2D eigenvalue weighted by Gasteiger charge is 2.20. The molecule has 0 unspecified atom stereocenters. The van der Waals surface area contributed by atoms with Gasteiger partial charge in [0.05, 0.1) is 17.6 Å². The number of piperazine rings is 1. The van der Waals surface area contributed by atoms with Gasteiger partial charge in [-0.25, -0.2) is 4.39 Å². The first-order chi connectivity index (χ1) is 13.6. The number of aromatic amines is 1. The third kappa shape index (κ3) is 3.80. The van der Waals surface area contributed by atoms with Crippen molar-refractivity contribution in [2.75, 3.05) is 31.1 Å². The second kappa shape index (κ2) is 7.90. The van der Waals surface area contributed by atoms with Gasteiger partial charge in [0.25, 0.3) is 0 Å². The monoisotopic (exact) mass is 382 g/mol. The van der Waals surface area contributed by atoms with Crippen LogP contribution in [0.4, 0.5) is 10.1 Å². The average molecular weight is 382 g/mol. The van der Waals surface area contributed by atoms with Gasteiger partial charge in [-0.15, -0.1) is 0 Å². The lowest BCUT2D eigenvalue weighted by Crippen LogP contribution is -2.43. The predicted octanol–water partition coefficient (Wildman–Crippen LogP) is 2.82. The van der Waals surface area contributed by atoms with Crippen LogP contribution in [0, 0.1) is 5.82 Å². The molecule has 6 nitrogen and oxygen atoms in total. The maximum atomic E-state index is 13.1. The van der Waals surface area contributed by atoms with E-state index in [2.05, 4.69) is 20.4 Å². The van der Waals surface area contributed by atoms with E-state index in [0.29, 0.717) is 18.4 Å². The number of phenolic OH excluding ortho intramolecular Hbond substituents is 2. The van der Waals surface area contributed by atoms with Crippen LogP contribution in [0.15, 0.2) is 42.6 Å². The normalized spacial score (nSPS) is 14.4. The van der Waals surface area contributed by atoms with Crippen molar-refractivity contribution in [3.63, 3.8) is 0 Å². The predicted molar refractivity (Wildman–Crippen MR) is 106 cm³/mol. The highest BCUT2D eigenvalue weighted by atomic mass is 19.1. The summed E-state index contributed by atoms with van der Waals surface area (Å²) in [6.45, 7) is 3.52. The molecule has 0 atom stereocenters. The molecule has 1 fully saturated rings. The maximum absolute atomic E-state index is 13.1. The van der Waals surface area contributed by atoms with Crippen molar-refractivity contribution >= 4 is 5.69 Å². The zero-order chi connectivity index (χ0) is 19.5. The molecule has 7 heteroatoms. The molecule has 1 aliphatic rings. The number of nitrogens with one attached hydrogen (secondary N) is 2. The lowest BCUT2D eigenvalue weighted by atomic mass is 9.99. The zero-order valence-corrected chi connectivity index (χ0v) is 15.5. The summed E-state index contributed by atoms with van der Waals surface area (Å²) in [5.41, 5.74) is 3.99. The molecule has 146 valence electrons. The quantitative estimate of drug-likeness (QED) is 0.545. The summed E-state index contributed by atoms with van der Waals surface area (Å²) in [6.07, 6.45) is 3.00. The van der Waals surface area contributed by atoms with E-state index in [4.69, 9.17) is 0 Å². The van der Waals surface area contributed by atoms with E-state index in [1.54, 1.807) is 24.4 Å². The van der Waals surface area contributed by atoms with E-state index in [1.807, 2.05) is 0 Å². The van der Waals surface area contributed by atoms with Crippen molar-refractivity contribution in [2.24, 2.45) is 0 Å². The minimum absolute atomic E-state index is 0.00340. The second-order valence-corrected chi connectivity index (χ2v) is 6.99. The van der Waals surface area contributed by atoms with Crippen molar-refractivity contribution in [2.45, 2.75) is 12.8 Å². The van der Waals surface area contributed by atoms with Gasteiger partial charge in [-0.05, 0) is 42.2 Å². The summed E-state index contributed by atoms with van der Waals surface area (Å²) < 4.78 is 13.1. The number of halogens is 1. The summed E-state index contributed by atoms with van der Waals surface area (Å²) >= 11 is 0. The fraction of sp³-hybridized carbons (Fsp3) is 0.286. The lowest BCUT2D eigenvalue weighted by molar-refractivity contribution is 0.447. The summed E-state index contributed by atoms with van der Waals surface area (Å²) in [4.78, 5) is 2.22. The first-order valence-corrected chi connectivity index (χ1v) is 9.40. The van der Waals surface area contributed by atoms with Gasteiger partial charge < -0.3 is 20.4 Å². The largest absolute Gasteiger partial charge is 0.508 e. The smallest absolute Gasteiger partial charge is 0.128 e. The Morgan fingerprint density at radius 3 is 2.50 bits per heavy atom. The number of H-pyrrole nitrogens is 1. The Balaban J connectivity index is 1.61. The summed E-state index contributed by atoms with van der Waals surface area (Å²) in [6, 6.07) is 9.52. The Labute approximate surface area is 162 Å². The topological polar surface area (TPSA) is 84.4 Å². The van der Waals surface area contributed by atoms with Crippen LogP contribution in [0.3, 0.4) is 0 Å². The molecule has 4 N–H and O–H groups in total.